The summed E-state index contributed by atoms with van der Waals surface area (Å²) in [6.45, 7) is 7.39. The summed E-state index contributed by atoms with van der Waals surface area (Å²) in [7, 11) is 0. The number of rotatable bonds is 5. The minimum Gasteiger partial charge on any atom is -0.493 e. The molecule has 0 saturated heterocycles. The Hall–Kier alpha value is -1.52. The van der Waals surface area contributed by atoms with Gasteiger partial charge in [-0.05, 0) is 31.2 Å². The Morgan fingerprint density at radius 3 is 3.05 bits per heavy atom. The number of ether oxygens (including phenoxy) is 1. The Kier molecular flexibility index (Phi) is 4.17. The summed E-state index contributed by atoms with van der Waals surface area (Å²) in [4.78, 5) is 0. The van der Waals surface area contributed by atoms with Crippen LogP contribution in [0.5, 0.6) is 5.75 Å². The monoisotopic (exact) mass is 305 g/mol. The van der Waals surface area contributed by atoms with Gasteiger partial charge < -0.3 is 10.1 Å². The maximum Gasteiger partial charge on any atom is 0.127 e. The summed E-state index contributed by atoms with van der Waals surface area (Å²) in [5.74, 6) is 0.987. The van der Waals surface area contributed by atoms with Crippen LogP contribution in [0.2, 0.25) is 5.02 Å². The number of aromatic nitrogens is 2. The highest BCUT2D eigenvalue weighted by atomic mass is 35.5. The third-order valence-corrected chi connectivity index (χ3v) is 3.99. The van der Waals surface area contributed by atoms with E-state index < -0.39 is 0 Å². The van der Waals surface area contributed by atoms with E-state index in [-0.39, 0.29) is 0 Å². The topological polar surface area (TPSA) is 39.1 Å². The molecule has 0 bridgehead atoms. The maximum atomic E-state index is 6.20. The molecule has 0 fully saturated rings. The lowest BCUT2D eigenvalue weighted by molar-refractivity contribution is 0.352. The number of aryl methyl sites for hydroxylation is 1. The lowest BCUT2D eigenvalue weighted by Gasteiger charge is -2.09. The van der Waals surface area contributed by atoms with Crippen LogP contribution >= 0.6 is 11.6 Å². The molecule has 3 rings (SSSR count). The first kappa shape index (κ1) is 14.4. The van der Waals surface area contributed by atoms with Gasteiger partial charge in [0.25, 0.3) is 0 Å². The number of fused-ring (bicyclic) bond motifs is 1. The second kappa shape index (κ2) is 6.08. The van der Waals surface area contributed by atoms with Gasteiger partial charge >= 0.3 is 0 Å². The van der Waals surface area contributed by atoms with Crippen LogP contribution in [0.4, 0.5) is 0 Å². The first-order valence-corrected chi connectivity index (χ1v) is 7.73. The summed E-state index contributed by atoms with van der Waals surface area (Å²) >= 11 is 6.20. The highest BCUT2D eigenvalue weighted by molar-refractivity contribution is 6.30. The molecule has 1 aliphatic rings. The average Bonchev–Trinajstić information content (AvgIpc) is 3.03. The lowest BCUT2D eigenvalue weighted by Crippen LogP contribution is -2.11. The predicted molar refractivity (Wildman–Crippen MR) is 84.1 cm³/mol. The fourth-order valence-corrected chi connectivity index (χ4v) is 2.97. The van der Waals surface area contributed by atoms with E-state index in [0.29, 0.717) is 6.54 Å². The van der Waals surface area contributed by atoms with E-state index in [0.717, 1.165) is 48.1 Å². The van der Waals surface area contributed by atoms with E-state index >= 15 is 0 Å². The van der Waals surface area contributed by atoms with Crippen molar-refractivity contribution < 1.29 is 4.74 Å². The maximum absolute atomic E-state index is 6.20. The van der Waals surface area contributed by atoms with Gasteiger partial charge in [-0.25, -0.2) is 0 Å². The summed E-state index contributed by atoms with van der Waals surface area (Å²) in [5, 5.41) is 8.70. The summed E-state index contributed by atoms with van der Waals surface area (Å²) in [5.41, 5.74) is 4.61. The van der Waals surface area contributed by atoms with Crippen LogP contribution in [-0.2, 0) is 19.5 Å². The Morgan fingerprint density at radius 2 is 2.24 bits per heavy atom. The first-order chi connectivity index (χ1) is 10.2. The third-order valence-electron chi connectivity index (χ3n) is 3.77. The second-order valence-corrected chi connectivity index (χ2v) is 5.81. The number of halogens is 1. The molecule has 2 heterocycles. The molecule has 0 spiro atoms. The van der Waals surface area contributed by atoms with Gasteiger partial charge in [-0.1, -0.05) is 18.5 Å². The molecule has 0 aliphatic carbocycles. The molecule has 1 aliphatic heterocycles. The van der Waals surface area contributed by atoms with Crippen molar-refractivity contribution in [3.8, 4) is 5.75 Å². The molecule has 2 aromatic rings. The Labute approximate surface area is 130 Å². The van der Waals surface area contributed by atoms with Gasteiger partial charge in [0.1, 0.15) is 5.75 Å². The number of hydrogen-bond acceptors (Lipinski definition) is 3. The van der Waals surface area contributed by atoms with Crippen molar-refractivity contribution in [1.82, 2.24) is 15.1 Å². The smallest absolute Gasteiger partial charge is 0.127 e. The van der Waals surface area contributed by atoms with Crippen molar-refractivity contribution in [2.24, 2.45) is 0 Å². The Bertz CT molecular complexity index is 651. The first-order valence-electron chi connectivity index (χ1n) is 7.35. The Balaban J connectivity index is 1.84. The molecular weight excluding hydrogens is 286 g/mol. The minimum absolute atomic E-state index is 0.690. The van der Waals surface area contributed by atoms with E-state index in [9.17, 15) is 0 Å². The number of benzene rings is 1. The van der Waals surface area contributed by atoms with E-state index in [1.165, 1.54) is 11.1 Å². The molecule has 1 aromatic heterocycles. The molecule has 0 unspecified atom stereocenters. The SMILES string of the molecule is CCNCc1cn(Cc2cc(Cl)cc3c2OCC3)nc1C. The van der Waals surface area contributed by atoms with Crippen molar-refractivity contribution >= 4 is 11.6 Å². The van der Waals surface area contributed by atoms with E-state index in [1.807, 2.05) is 23.7 Å². The highest BCUT2D eigenvalue weighted by Gasteiger charge is 2.18. The van der Waals surface area contributed by atoms with Gasteiger partial charge in [-0.2, -0.15) is 5.10 Å². The minimum atomic E-state index is 0.690. The normalized spacial score (nSPS) is 13.3. The summed E-state index contributed by atoms with van der Waals surface area (Å²) in [6.07, 6.45) is 3.03. The van der Waals surface area contributed by atoms with Gasteiger partial charge in [0, 0.05) is 35.3 Å². The Morgan fingerprint density at radius 1 is 1.38 bits per heavy atom. The van der Waals surface area contributed by atoms with Gasteiger partial charge in [0.2, 0.25) is 0 Å². The largest absolute Gasteiger partial charge is 0.493 e. The fourth-order valence-electron chi connectivity index (χ4n) is 2.71. The van der Waals surface area contributed by atoms with Crippen LogP contribution in [-0.4, -0.2) is 22.9 Å². The van der Waals surface area contributed by atoms with E-state index in [1.54, 1.807) is 0 Å². The second-order valence-electron chi connectivity index (χ2n) is 5.37. The number of nitrogens with one attached hydrogen (secondary N) is 1. The molecule has 4 nitrogen and oxygen atoms in total. The third kappa shape index (κ3) is 3.06. The molecule has 0 saturated carbocycles. The van der Waals surface area contributed by atoms with Crippen LogP contribution in [0.1, 0.15) is 29.3 Å². The van der Waals surface area contributed by atoms with Crippen molar-refractivity contribution in [2.75, 3.05) is 13.2 Å². The lowest BCUT2D eigenvalue weighted by atomic mass is 10.1. The zero-order valence-electron chi connectivity index (χ0n) is 12.4. The van der Waals surface area contributed by atoms with Crippen LogP contribution in [0, 0.1) is 6.92 Å². The van der Waals surface area contributed by atoms with Gasteiger partial charge in [-0.3, -0.25) is 4.68 Å². The standard InChI is InChI=1S/C16H20ClN3O/c1-3-18-8-14-10-20(19-11(14)2)9-13-7-15(17)6-12-4-5-21-16(12)13/h6-7,10,18H,3-5,8-9H2,1-2H3. The molecule has 1 N–H and O–H groups in total. The predicted octanol–water partition coefficient (Wildman–Crippen LogP) is 2.94. The van der Waals surface area contributed by atoms with Crippen LogP contribution in [0.15, 0.2) is 18.3 Å². The van der Waals surface area contributed by atoms with Gasteiger partial charge in [0.05, 0.1) is 18.8 Å². The van der Waals surface area contributed by atoms with Gasteiger partial charge in [-0.15, -0.1) is 0 Å². The van der Waals surface area contributed by atoms with Crippen LogP contribution in [0.25, 0.3) is 0 Å². The molecule has 0 atom stereocenters. The molecule has 0 radical (unpaired) electrons. The quantitative estimate of drug-likeness (QED) is 0.923. The highest BCUT2D eigenvalue weighted by Crippen LogP contribution is 2.33. The van der Waals surface area contributed by atoms with Crippen LogP contribution in [0.3, 0.4) is 0 Å². The average molecular weight is 306 g/mol. The zero-order valence-corrected chi connectivity index (χ0v) is 13.2. The zero-order chi connectivity index (χ0) is 14.8. The summed E-state index contributed by atoms with van der Waals surface area (Å²) < 4.78 is 7.71. The number of nitrogens with zero attached hydrogens (tertiary/aromatic N) is 2. The fraction of sp³-hybridized carbons (Fsp3) is 0.438. The number of hydrogen-bond donors (Lipinski definition) is 1. The van der Waals surface area contributed by atoms with Gasteiger partial charge in [0.15, 0.2) is 0 Å². The van der Waals surface area contributed by atoms with Crippen molar-refractivity contribution in [3.05, 3.63) is 45.7 Å². The molecule has 5 heteroatoms. The van der Waals surface area contributed by atoms with Crippen molar-refractivity contribution in [3.63, 3.8) is 0 Å². The molecule has 1 aromatic carbocycles. The molecule has 0 amide bonds. The molecule has 112 valence electrons. The summed E-state index contributed by atoms with van der Waals surface area (Å²) in [6, 6.07) is 3.98. The molecular formula is C16H20ClN3O. The molecule has 21 heavy (non-hydrogen) atoms. The van der Waals surface area contributed by atoms with Crippen molar-refractivity contribution in [1.29, 1.82) is 0 Å². The van der Waals surface area contributed by atoms with E-state index in [4.69, 9.17) is 16.3 Å². The van der Waals surface area contributed by atoms with E-state index in [2.05, 4.69) is 23.5 Å². The van der Waals surface area contributed by atoms with Crippen molar-refractivity contribution in [2.45, 2.75) is 33.4 Å². The van der Waals surface area contributed by atoms with Crippen LogP contribution < -0.4 is 10.1 Å².